The van der Waals surface area contributed by atoms with Gasteiger partial charge in [-0.15, -0.1) is 10.2 Å². The highest BCUT2D eigenvalue weighted by molar-refractivity contribution is 7.98. The molecular weight excluding hydrogens is 563 g/mol. The first kappa shape index (κ1) is 27.8. The van der Waals surface area contributed by atoms with Gasteiger partial charge in [-0.05, 0) is 66.1 Å². The van der Waals surface area contributed by atoms with Gasteiger partial charge in [0.1, 0.15) is 5.75 Å². The van der Waals surface area contributed by atoms with Gasteiger partial charge in [-0.2, -0.15) is 0 Å². The monoisotopic (exact) mass is 588 g/mol. The molecule has 40 heavy (non-hydrogen) atoms. The second-order valence-corrected chi connectivity index (χ2v) is 10.8. The Kier molecular flexibility index (Phi) is 8.75. The highest BCUT2D eigenvalue weighted by Crippen LogP contribution is 2.33. The highest BCUT2D eigenvalue weighted by atomic mass is 35.5. The van der Waals surface area contributed by atoms with Crippen molar-refractivity contribution >= 4 is 40.9 Å². The van der Waals surface area contributed by atoms with Crippen molar-refractivity contribution in [1.29, 1.82) is 0 Å². The van der Waals surface area contributed by atoms with Crippen molar-refractivity contribution in [2.24, 2.45) is 0 Å². The molecular formula is C31H26Cl2N4O2S. The van der Waals surface area contributed by atoms with Crippen LogP contribution in [0, 0.1) is 0 Å². The molecule has 6 nitrogen and oxygen atoms in total. The molecule has 0 saturated carbocycles. The Balaban J connectivity index is 1.40. The first-order chi connectivity index (χ1) is 19.4. The number of thioether (sulfide) groups is 1. The molecule has 0 aliphatic heterocycles. The molecule has 1 aromatic heterocycles. The average molecular weight is 590 g/mol. The number of nitrogens with one attached hydrogen (secondary N) is 1. The lowest BCUT2D eigenvalue weighted by Gasteiger charge is -2.17. The molecule has 0 spiro atoms. The van der Waals surface area contributed by atoms with Crippen molar-refractivity contribution in [2.45, 2.75) is 23.9 Å². The molecule has 9 heteroatoms. The van der Waals surface area contributed by atoms with Crippen molar-refractivity contribution in [2.75, 3.05) is 7.11 Å². The average Bonchev–Trinajstić information content (AvgIpc) is 3.42. The van der Waals surface area contributed by atoms with E-state index in [4.69, 9.17) is 27.9 Å². The number of hydrogen-bond acceptors (Lipinski definition) is 5. The summed E-state index contributed by atoms with van der Waals surface area (Å²) >= 11 is 14.5. The number of ether oxygens (including phenoxy) is 1. The summed E-state index contributed by atoms with van der Waals surface area (Å²) < 4.78 is 7.20. The summed E-state index contributed by atoms with van der Waals surface area (Å²) in [4.78, 5) is 13.2. The minimum Gasteiger partial charge on any atom is -0.497 e. The van der Waals surface area contributed by atoms with E-state index in [0.29, 0.717) is 38.0 Å². The van der Waals surface area contributed by atoms with Crippen LogP contribution in [0.15, 0.2) is 102 Å². The number of aromatic nitrogens is 3. The summed E-state index contributed by atoms with van der Waals surface area (Å²) in [5, 5.41) is 13.6. The summed E-state index contributed by atoms with van der Waals surface area (Å²) in [5.41, 5.74) is 4.38. The van der Waals surface area contributed by atoms with Crippen LogP contribution >= 0.6 is 35.0 Å². The van der Waals surface area contributed by atoms with Gasteiger partial charge in [0, 0.05) is 16.3 Å². The lowest BCUT2D eigenvalue weighted by atomic mass is 10.0. The third kappa shape index (κ3) is 6.33. The Morgan fingerprint density at radius 3 is 2.42 bits per heavy atom. The third-order valence-electron chi connectivity index (χ3n) is 6.30. The first-order valence-corrected chi connectivity index (χ1v) is 14.3. The van der Waals surface area contributed by atoms with Gasteiger partial charge in [-0.3, -0.25) is 9.36 Å². The fourth-order valence-electron chi connectivity index (χ4n) is 4.24. The molecule has 0 aliphatic carbocycles. The van der Waals surface area contributed by atoms with Gasteiger partial charge in [-0.25, -0.2) is 0 Å². The van der Waals surface area contributed by atoms with E-state index in [9.17, 15) is 4.79 Å². The number of hydrogen-bond donors (Lipinski definition) is 1. The SMILES string of the molecule is COc1cccc(CSc2nnc(C(C)NC(=O)c3ccc(-c4ccccc4)cc3)n2-c2cc(Cl)ccc2Cl)c1. The third-order valence-corrected chi connectivity index (χ3v) is 7.85. The largest absolute Gasteiger partial charge is 0.497 e. The zero-order valence-electron chi connectivity index (χ0n) is 21.8. The predicted molar refractivity (Wildman–Crippen MR) is 162 cm³/mol. The predicted octanol–water partition coefficient (Wildman–Crippen LogP) is 8.03. The molecule has 5 rings (SSSR count). The molecule has 0 aliphatic rings. The van der Waals surface area contributed by atoms with Crippen LogP contribution in [0.2, 0.25) is 10.0 Å². The van der Waals surface area contributed by atoms with Gasteiger partial charge in [0.2, 0.25) is 0 Å². The second kappa shape index (κ2) is 12.6. The maximum atomic E-state index is 13.2. The summed E-state index contributed by atoms with van der Waals surface area (Å²) in [6.07, 6.45) is 0. The summed E-state index contributed by atoms with van der Waals surface area (Å²) in [6, 6.07) is 30.1. The van der Waals surface area contributed by atoms with Crippen LogP contribution < -0.4 is 10.1 Å². The molecule has 0 saturated heterocycles. The number of rotatable bonds is 9. The highest BCUT2D eigenvalue weighted by Gasteiger charge is 2.23. The van der Waals surface area contributed by atoms with Crippen LogP contribution in [-0.4, -0.2) is 27.8 Å². The summed E-state index contributed by atoms with van der Waals surface area (Å²) in [6.45, 7) is 1.87. The van der Waals surface area contributed by atoms with Crippen molar-refractivity contribution in [3.05, 3.63) is 124 Å². The molecule has 1 unspecified atom stereocenters. The van der Waals surface area contributed by atoms with Gasteiger partial charge < -0.3 is 10.1 Å². The Hall–Kier alpha value is -3.78. The Bertz CT molecular complexity index is 1620. The molecule has 0 radical (unpaired) electrons. The number of benzene rings is 4. The Labute approximate surface area is 247 Å². The van der Waals surface area contributed by atoms with Crippen LogP contribution in [-0.2, 0) is 5.75 Å². The lowest BCUT2D eigenvalue weighted by molar-refractivity contribution is 0.0938. The van der Waals surface area contributed by atoms with Crippen molar-refractivity contribution < 1.29 is 9.53 Å². The van der Waals surface area contributed by atoms with Gasteiger partial charge in [0.15, 0.2) is 11.0 Å². The molecule has 1 amide bonds. The summed E-state index contributed by atoms with van der Waals surface area (Å²) in [7, 11) is 1.64. The Morgan fingerprint density at radius 1 is 0.925 bits per heavy atom. The minimum atomic E-state index is -0.477. The maximum absolute atomic E-state index is 13.2. The number of amides is 1. The quantitative estimate of drug-likeness (QED) is 0.176. The first-order valence-electron chi connectivity index (χ1n) is 12.6. The maximum Gasteiger partial charge on any atom is 0.251 e. The molecule has 202 valence electrons. The molecule has 0 bridgehead atoms. The van der Waals surface area contributed by atoms with E-state index < -0.39 is 6.04 Å². The number of methoxy groups -OCH3 is 1. The van der Waals surface area contributed by atoms with Crippen LogP contribution in [0.4, 0.5) is 0 Å². The Morgan fingerprint density at radius 2 is 1.68 bits per heavy atom. The van der Waals surface area contributed by atoms with Crippen molar-refractivity contribution in [1.82, 2.24) is 20.1 Å². The standard InChI is InChI=1S/C31H26Cl2N4O2S/c1-20(34-30(38)24-13-11-23(12-14-24)22-8-4-3-5-9-22)29-35-36-31(37(29)28-18-25(32)15-16-27(28)33)40-19-21-7-6-10-26(17-21)39-2/h3-18,20H,19H2,1-2H3,(H,34,38). The molecule has 5 aromatic rings. The zero-order valence-corrected chi connectivity index (χ0v) is 24.2. The lowest BCUT2D eigenvalue weighted by Crippen LogP contribution is -2.28. The smallest absolute Gasteiger partial charge is 0.251 e. The van der Waals surface area contributed by atoms with E-state index >= 15 is 0 Å². The van der Waals surface area contributed by atoms with Gasteiger partial charge >= 0.3 is 0 Å². The number of nitrogens with zero attached hydrogens (tertiary/aromatic N) is 3. The molecule has 0 fully saturated rings. The van der Waals surface area contributed by atoms with Crippen molar-refractivity contribution in [3.8, 4) is 22.6 Å². The van der Waals surface area contributed by atoms with E-state index in [-0.39, 0.29) is 5.91 Å². The molecule has 1 atom stereocenters. The van der Waals surface area contributed by atoms with Crippen LogP contribution in [0.25, 0.3) is 16.8 Å². The van der Waals surface area contributed by atoms with Crippen molar-refractivity contribution in [3.63, 3.8) is 0 Å². The van der Waals surface area contributed by atoms with E-state index in [1.807, 2.05) is 90.4 Å². The molecule has 1 N–H and O–H groups in total. The van der Waals surface area contributed by atoms with E-state index in [0.717, 1.165) is 22.4 Å². The van der Waals surface area contributed by atoms with Gasteiger partial charge in [-0.1, -0.05) is 89.6 Å². The van der Waals surface area contributed by atoms with Gasteiger partial charge in [0.25, 0.3) is 5.91 Å². The molecule has 4 aromatic carbocycles. The molecule has 1 heterocycles. The van der Waals surface area contributed by atoms with Gasteiger partial charge in [0.05, 0.1) is 23.9 Å². The fraction of sp³-hybridized carbons (Fsp3) is 0.129. The zero-order chi connectivity index (χ0) is 28.1. The van der Waals surface area contributed by atoms with Crippen LogP contribution in [0.5, 0.6) is 5.75 Å². The topological polar surface area (TPSA) is 69.0 Å². The number of halogens is 2. The fourth-order valence-corrected chi connectivity index (χ4v) is 5.50. The number of carbonyl (C=O) groups excluding carboxylic acids is 1. The minimum absolute atomic E-state index is 0.218. The van der Waals surface area contributed by atoms with E-state index in [1.54, 1.807) is 25.3 Å². The van der Waals surface area contributed by atoms with E-state index in [1.165, 1.54) is 11.8 Å². The number of carbonyl (C=O) groups is 1. The normalized spacial score (nSPS) is 11.7. The van der Waals surface area contributed by atoms with Crippen LogP contribution in [0.1, 0.15) is 34.7 Å². The summed E-state index contributed by atoms with van der Waals surface area (Å²) in [5.74, 6) is 1.73. The van der Waals surface area contributed by atoms with E-state index in [2.05, 4.69) is 15.5 Å². The second-order valence-electron chi connectivity index (χ2n) is 9.05. The van der Waals surface area contributed by atoms with Crippen LogP contribution in [0.3, 0.4) is 0 Å².